The molecule has 0 aliphatic rings. The summed E-state index contributed by atoms with van der Waals surface area (Å²) in [5, 5.41) is 17.9. The molecule has 0 radical (unpaired) electrons. The molecule has 0 bridgehead atoms. The quantitative estimate of drug-likeness (QED) is 0.762. The number of nitrogens with zero attached hydrogens (tertiary/aromatic N) is 4. The lowest BCUT2D eigenvalue weighted by Crippen LogP contribution is -1.98. The molecule has 2 heterocycles. The zero-order valence-corrected chi connectivity index (χ0v) is 11.3. The average molecular weight is 269 g/mol. The van der Waals surface area contributed by atoms with Crippen LogP contribution in [-0.4, -0.2) is 24.9 Å². The van der Waals surface area contributed by atoms with Gasteiger partial charge >= 0.3 is 0 Å². The van der Waals surface area contributed by atoms with Crippen molar-refractivity contribution in [3.8, 4) is 0 Å². The summed E-state index contributed by atoms with van der Waals surface area (Å²) in [5.41, 5.74) is 2.49. The van der Waals surface area contributed by atoms with Crippen LogP contribution >= 0.6 is 0 Å². The number of aliphatic hydroxyl groups is 1. The first-order valence-corrected chi connectivity index (χ1v) is 6.33. The first-order valence-electron chi connectivity index (χ1n) is 6.33. The van der Waals surface area contributed by atoms with E-state index < -0.39 is 6.10 Å². The Balaban J connectivity index is 1.99. The summed E-state index contributed by atoms with van der Waals surface area (Å²) >= 11 is 0. The molecule has 0 unspecified atom stereocenters. The highest BCUT2D eigenvalue weighted by atomic mass is 16.3. The summed E-state index contributed by atoms with van der Waals surface area (Å²) in [5.74, 6) is 0.700. The molecule has 0 fully saturated rings. The first-order chi connectivity index (χ1) is 9.65. The molecule has 6 heteroatoms. The number of anilines is 2. The Kier molecular flexibility index (Phi) is 3.08. The van der Waals surface area contributed by atoms with Crippen molar-refractivity contribution in [2.45, 2.75) is 13.0 Å². The lowest BCUT2D eigenvalue weighted by Gasteiger charge is -2.09. The molecule has 1 atom stereocenters. The van der Waals surface area contributed by atoms with Crippen LogP contribution in [0.15, 0.2) is 36.8 Å². The fourth-order valence-electron chi connectivity index (χ4n) is 2.07. The van der Waals surface area contributed by atoms with E-state index in [1.165, 1.54) is 6.33 Å². The Labute approximate surface area is 116 Å². The van der Waals surface area contributed by atoms with Gasteiger partial charge in [0.05, 0.1) is 17.7 Å². The minimum atomic E-state index is -0.499. The second-order valence-corrected chi connectivity index (χ2v) is 4.65. The normalized spacial score (nSPS) is 12.6. The van der Waals surface area contributed by atoms with E-state index in [1.807, 2.05) is 31.3 Å². The summed E-state index contributed by atoms with van der Waals surface area (Å²) in [6.45, 7) is 1.74. The molecule has 0 saturated heterocycles. The van der Waals surface area contributed by atoms with E-state index in [2.05, 4.69) is 20.4 Å². The third-order valence-electron chi connectivity index (χ3n) is 3.16. The molecule has 2 N–H and O–H groups in total. The van der Waals surface area contributed by atoms with Crippen LogP contribution in [0.3, 0.4) is 0 Å². The zero-order chi connectivity index (χ0) is 14.1. The van der Waals surface area contributed by atoms with Crippen molar-refractivity contribution in [3.63, 3.8) is 0 Å². The Morgan fingerprint density at radius 1 is 1.30 bits per heavy atom. The van der Waals surface area contributed by atoms with Crippen LogP contribution in [0.2, 0.25) is 0 Å². The summed E-state index contributed by atoms with van der Waals surface area (Å²) in [6, 6.07) is 7.60. The molecule has 6 nitrogen and oxygen atoms in total. The van der Waals surface area contributed by atoms with E-state index in [4.69, 9.17) is 0 Å². The van der Waals surface area contributed by atoms with E-state index in [0.717, 1.165) is 22.3 Å². The van der Waals surface area contributed by atoms with Gasteiger partial charge in [-0.2, -0.15) is 5.10 Å². The maximum absolute atomic E-state index is 9.62. The van der Waals surface area contributed by atoms with Gasteiger partial charge in [0, 0.05) is 12.7 Å². The molecule has 0 saturated carbocycles. The third-order valence-corrected chi connectivity index (χ3v) is 3.16. The number of rotatable bonds is 3. The summed E-state index contributed by atoms with van der Waals surface area (Å²) in [7, 11) is 1.84. The van der Waals surface area contributed by atoms with Gasteiger partial charge in [-0.15, -0.1) is 0 Å². The van der Waals surface area contributed by atoms with E-state index in [9.17, 15) is 5.11 Å². The van der Waals surface area contributed by atoms with E-state index in [-0.39, 0.29) is 0 Å². The number of hydrogen-bond acceptors (Lipinski definition) is 5. The second kappa shape index (κ2) is 4.90. The van der Waals surface area contributed by atoms with Crippen LogP contribution < -0.4 is 5.32 Å². The Hall–Kier alpha value is -2.47. The molecule has 2 aromatic heterocycles. The molecule has 3 rings (SSSR count). The Morgan fingerprint density at radius 2 is 2.15 bits per heavy atom. The maximum Gasteiger partial charge on any atom is 0.163 e. The van der Waals surface area contributed by atoms with Gasteiger partial charge < -0.3 is 10.4 Å². The molecule has 0 amide bonds. The lowest BCUT2D eigenvalue weighted by atomic mass is 10.1. The van der Waals surface area contributed by atoms with Crippen LogP contribution in [-0.2, 0) is 7.05 Å². The monoisotopic (exact) mass is 269 g/mol. The fourth-order valence-corrected chi connectivity index (χ4v) is 2.07. The smallest absolute Gasteiger partial charge is 0.163 e. The molecule has 0 aliphatic heterocycles. The highest BCUT2D eigenvalue weighted by Gasteiger charge is 2.08. The molecule has 0 spiro atoms. The molecular weight excluding hydrogens is 254 g/mol. The number of hydrogen-bond donors (Lipinski definition) is 2. The summed E-state index contributed by atoms with van der Waals surface area (Å²) < 4.78 is 1.70. The van der Waals surface area contributed by atoms with Gasteiger partial charge in [0.15, 0.2) is 5.65 Å². The minimum Gasteiger partial charge on any atom is -0.389 e. The Morgan fingerprint density at radius 3 is 2.95 bits per heavy atom. The largest absolute Gasteiger partial charge is 0.389 e. The SMILES string of the molecule is C[C@H](O)c1cccc(Nc2ncnc3c2cnn3C)c1. The Bertz CT molecular complexity index is 750. The van der Waals surface area contributed by atoms with Gasteiger partial charge in [0.25, 0.3) is 0 Å². The zero-order valence-electron chi connectivity index (χ0n) is 11.3. The van der Waals surface area contributed by atoms with Gasteiger partial charge in [0.2, 0.25) is 0 Å². The van der Waals surface area contributed by atoms with Crippen LogP contribution in [0.25, 0.3) is 11.0 Å². The van der Waals surface area contributed by atoms with E-state index in [1.54, 1.807) is 17.8 Å². The highest BCUT2D eigenvalue weighted by Crippen LogP contribution is 2.24. The molecule has 0 aliphatic carbocycles. The van der Waals surface area contributed by atoms with Crippen molar-refractivity contribution in [1.82, 2.24) is 19.7 Å². The predicted octanol–water partition coefficient (Wildman–Crippen LogP) is 2.16. The molecule has 20 heavy (non-hydrogen) atoms. The van der Waals surface area contributed by atoms with Crippen molar-refractivity contribution in [2.75, 3.05) is 5.32 Å². The van der Waals surface area contributed by atoms with Crippen molar-refractivity contribution in [2.24, 2.45) is 7.05 Å². The van der Waals surface area contributed by atoms with Crippen molar-refractivity contribution >= 4 is 22.5 Å². The first kappa shape index (κ1) is 12.6. The molecule has 3 aromatic rings. The van der Waals surface area contributed by atoms with Gasteiger partial charge in [-0.3, -0.25) is 4.68 Å². The van der Waals surface area contributed by atoms with Crippen LogP contribution in [0.5, 0.6) is 0 Å². The maximum atomic E-state index is 9.62. The number of nitrogens with one attached hydrogen (secondary N) is 1. The standard InChI is InChI=1S/C14H15N5O/c1-9(20)10-4-3-5-11(6-10)18-13-12-7-17-19(2)14(12)16-8-15-13/h3-9,20H,1-2H3,(H,15,16,18)/t9-/m0/s1. The summed E-state index contributed by atoms with van der Waals surface area (Å²) in [6.07, 6.45) is 2.74. The van der Waals surface area contributed by atoms with Gasteiger partial charge in [0.1, 0.15) is 12.1 Å². The summed E-state index contributed by atoms with van der Waals surface area (Å²) in [4.78, 5) is 8.45. The second-order valence-electron chi connectivity index (χ2n) is 4.65. The topological polar surface area (TPSA) is 75.9 Å². The third kappa shape index (κ3) is 2.21. The highest BCUT2D eigenvalue weighted by molar-refractivity contribution is 5.88. The van der Waals surface area contributed by atoms with Gasteiger partial charge in [-0.05, 0) is 24.6 Å². The van der Waals surface area contributed by atoms with Gasteiger partial charge in [-0.1, -0.05) is 12.1 Å². The number of benzene rings is 1. The molecule has 102 valence electrons. The van der Waals surface area contributed by atoms with E-state index >= 15 is 0 Å². The number of aromatic nitrogens is 4. The van der Waals surface area contributed by atoms with Crippen molar-refractivity contribution in [1.29, 1.82) is 0 Å². The molecule has 1 aromatic carbocycles. The predicted molar refractivity (Wildman–Crippen MR) is 76.7 cm³/mol. The van der Waals surface area contributed by atoms with Crippen LogP contribution in [0.1, 0.15) is 18.6 Å². The molecular formula is C14H15N5O. The fraction of sp³-hybridized carbons (Fsp3) is 0.214. The van der Waals surface area contributed by atoms with Crippen molar-refractivity contribution < 1.29 is 5.11 Å². The van der Waals surface area contributed by atoms with Crippen LogP contribution in [0.4, 0.5) is 11.5 Å². The number of fused-ring (bicyclic) bond motifs is 1. The van der Waals surface area contributed by atoms with E-state index in [0.29, 0.717) is 5.82 Å². The van der Waals surface area contributed by atoms with Crippen LogP contribution in [0, 0.1) is 0 Å². The van der Waals surface area contributed by atoms with Gasteiger partial charge in [-0.25, -0.2) is 9.97 Å². The number of aryl methyl sites for hydroxylation is 1. The minimum absolute atomic E-state index is 0.499. The lowest BCUT2D eigenvalue weighted by molar-refractivity contribution is 0.199. The number of aliphatic hydroxyl groups excluding tert-OH is 1. The van der Waals surface area contributed by atoms with Crippen molar-refractivity contribution in [3.05, 3.63) is 42.4 Å². The average Bonchev–Trinajstić information content (AvgIpc) is 2.82.